The molecule has 188 valence electrons. The molecule has 2 atom stereocenters. The van der Waals surface area contributed by atoms with Gasteiger partial charge in [0.2, 0.25) is 5.43 Å². The number of aromatic nitrogens is 1. The maximum Gasteiger partial charge on any atom is 0.200 e. The summed E-state index contributed by atoms with van der Waals surface area (Å²) < 4.78 is 28.8. The van der Waals surface area contributed by atoms with Crippen LogP contribution in [0, 0.1) is 11.7 Å². The normalized spacial score (nSPS) is 22.5. The third-order valence-corrected chi connectivity index (χ3v) is 7.92. The van der Waals surface area contributed by atoms with Crippen molar-refractivity contribution in [2.75, 3.05) is 38.7 Å². The molecule has 1 aliphatic carbocycles. The molecule has 0 spiro atoms. The number of hydrogen-bond acceptors (Lipinski definition) is 6. The van der Waals surface area contributed by atoms with Crippen molar-refractivity contribution >= 4 is 28.4 Å². The van der Waals surface area contributed by atoms with Gasteiger partial charge in [0.25, 0.3) is 0 Å². The van der Waals surface area contributed by atoms with Gasteiger partial charge < -0.3 is 23.5 Å². The first-order chi connectivity index (χ1) is 17.5. The Morgan fingerprint density at radius 2 is 2.08 bits per heavy atom. The Kier molecular flexibility index (Phi) is 5.71. The van der Waals surface area contributed by atoms with E-state index in [4.69, 9.17) is 9.15 Å². The lowest BCUT2D eigenvalue weighted by Gasteiger charge is -2.33. The molecule has 2 aliphatic heterocycles. The zero-order valence-corrected chi connectivity index (χ0v) is 20.6. The lowest BCUT2D eigenvalue weighted by atomic mass is 9.93. The number of carbonyl (C=O) groups excluding carboxylic acids is 1. The van der Waals surface area contributed by atoms with E-state index in [1.807, 2.05) is 4.57 Å². The SMILES string of the molecule is COc1c(N2CC3CCCN(C)C3C2)c(F)cc2c(=O)c(C(=O)C=Cc3ccco3)cn(C3CC3)c12. The fourth-order valence-corrected chi connectivity index (χ4v) is 5.97. The number of hydrogen-bond donors (Lipinski definition) is 0. The number of nitrogens with zero attached hydrogens (tertiary/aromatic N) is 3. The van der Waals surface area contributed by atoms with Gasteiger partial charge in [0, 0.05) is 31.4 Å². The number of fused-ring (bicyclic) bond motifs is 2. The summed E-state index contributed by atoms with van der Waals surface area (Å²) in [5.74, 6) is 0.440. The summed E-state index contributed by atoms with van der Waals surface area (Å²) in [5.41, 5.74) is 0.504. The average Bonchev–Trinajstić information content (AvgIpc) is 3.39. The molecule has 36 heavy (non-hydrogen) atoms. The summed E-state index contributed by atoms with van der Waals surface area (Å²) in [6, 6.07) is 5.27. The van der Waals surface area contributed by atoms with Gasteiger partial charge in [-0.1, -0.05) is 0 Å². The number of rotatable bonds is 6. The molecule has 3 aromatic rings. The van der Waals surface area contributed by atoms with Crippen molar-refractivity contribution in [2.45, 2.75) is 37.8 Å². The minimum Gasteiger partial charge on any atom is -0.492 e. The molecule has 6 rings (SSSR count). The Bertz CT molecular complexity index is 1410. The van der Waals surface area contributed by atoms with E-state index in [1.54, 1.807) is 18.3 Å². The van der Waals surface area contributed by atoms with Crippen LogP contribution in [0.1, 0.15) is 47.8 Å². The standard InChI is InChI=1S/C28H30FN3O4/c1-30-11-3-5-17-14-31(16-23(17)30)26-22(29)13-20-25(28(26)35-2)32(18-7-8-18)15-21(27(20)34)24(33)10-9-19-6-4-12-36-19/h4,6,9-10,12-13,15,17-18,23H,3,5,7-8,11,14,16H2,1-2H3. The molecular weight excluding hydrogens is 461 g/mol. The highest BCUT2D eigenvalue weighted by atomic mass is 19.1. The summed E-state index contributed by atoms with van der Waals surface area (Å²) in [6.45, 7) is 2.54. The van der Waals surface area contributed by atoms with Crippen LogP contribution >= 0.6 is 0 Å². The van der Waals surface area contributed by atoms with Crippen LogP contribution in [-0.4, -0.2) is 55.1 Å². The van der Waals surface area contributed by atoms with Gasteiger partial charge in [-0.15, -0.1) is 0 Å². The number of piperidine rings is 1. The predicted molar refractivity (Wildman–Crippen MR) is 136 cm³/mol. The Hall–Kier alpha value is -3.39. The smallest absolute Gasteiger partial charge is 0.200 e. The Morgan fingerprint density at radius 1 is 1.25 bits per heavy atom. The van der Waals surface area contributed by atoms with E-state index in [2.05, 4.69) is 16.8 Å². The van der Waals surface area contributed by atoms with Gasteiger partial charge in [0.05, 0.1) is 29.8 Å². The molecule has 3 aliphatic rings. The topological polar surface area (TPSA) is 67.9 Å². The van der Waals surface area contributed by atoms with Crippen LogP contribution in [0.5, 0.6) is 5.75 Å². The monoisotopic (exact) mass is 491 g/mol. The molecule has 7 nitrogen and oxygen atoms in total. The van der Waals surface area contributed by atoms with Gasteiger partial charge in [-0.3, -0.25) is 9.59 Å². The number of benzene rings is 1. The number of halogens is 1. The van der Waals surface area contributed by atoms with Crippen molar-refractivity contribution < 1.29 is 18.3 Å². The molecule has 1 saturated carbocycles. The summed E-state index contributed by atoms with van der Waals surface area (Å²) in [5, 5.41) is 0.172. The minimum atomic E-state index is -0.491. The van der Waals surface area contributed by atoms with E-state index in [1.165, 1.54) is 31.6 Å². The lowest BCUT2D eigenvalue weighted by molar-refractivity contribution is 0.104. The number of ketones is 1. The number of anilines is 1. The van der Waals surface area contributed by atoms with Crippen molar-refractivity contribution in [1.82, 2.24) is 9.47 Å². The van der Waals surface area contributed by atoms with Crippen LogP contribution in [0.15, 0.2) is 45.9 Å². The van der Waals surface area contributed by atoms with Crippen LogP contribution in [0.25, 0.3) is 17.0 Å². The maximum atomic E-state index is 15.8. The number of carbonyl (C=O) groups is 1. The van der Waals surface area contributed by atoms with Crippen molar-refractivity contribution in [1.29, 1.82) is 0 Å². The molecule has 0 bridgehead atoms. The predicted octanol–water partition coefficient (Wildman–Crippen LogP) is 4.50. The van der Waals surface area contributed by atoms with E-state index >= 15 is 4.39 Å². The molecule has 0 amide bonds. The van der Waals surface area contributed by atoms with E-state index < -0.39 is 17.0 Å². The maximum absolute atomic E-state index is 15.8. The van der Waals surface area contributed by atoms with Crippen molar-refractivity contribution in [2.24, 2.45) is 5.92 Å². The van der Waals surface area contributed by atoms with Crippen LogP contribution in [0.3, 0.4) is 0 Å². The molecule has 2 saturated heterocycles. The quantitative estimate of drug-likeness (QED) is 0.374. The second kappa shape index (κ2) is 8.92. The van der Waals surface area contributed by atoms with Gasteiger partial charge in [-0.25, -0.2) is 4.39 Å². The minimum absolute atomic E-state index is 0.0141. The zero-order valence-electron chi connectivity index (χ0n) is 20.6. The number of methoxy groups -OCH3 is 1. The molecule has 0 N–H and O–H groups in total. The van der Waals surface area contributed by atoms with Gasteiger partial charge in [0.15, 0.2) is 17.3 Å². The van der Waals surface area contributed by atoms with Crippen LogP contribution in [0.2, 0.25) is 0 Å². The van der Waals surface area contributed by atoms with Gasteiger partial charge in [0.1, 0.15) is 11.4 Å². The number of likely N-dealkylation sites (tertiary alicyclic amines) is 1. The van der Waals surface area contributed by atoms with E-state index in [0.29, 0.717) is 34.7 Å². The van der Waals surface area contributed by atoms with Gasteiger partial charge in [-0.2, -0.15) is 0 Å². The van der Waals surface area contributed by atoms with E-state index in [9.17, 15) is 9.59 Å². The number of likely N-dealkylation sites (N-methyl/N-ethyl adjacent to an activating group) is 1. The molecule has 0 radical (unpaired) electrons. The van der Waals surface area contributed by atoms with E-state index in [0.717, 1.165) is 45.3 Å². The second-order valence-corrected chi connectivity index (χ2v) is 10.2. The highest BCUT2D eigenvalue weighted by Gasteiger charge is 2.40. The summed E-state index contributed by atoms with van der Waals surface area (Å²) in [6.07, 6.45) is 10.1. The summed E-state index contributed by atoms with van der Waals surface area (Å²) >= 11 is 0. The lowest BCUT2D eigenvalue weighted by Crippen LogP contribution is -2.42. The van der Waals surface area contributed by atoms with E-state index in [-0.39, 0.29) is 17.0 Å². The average molecular weight is 492 g/mol. The molecule has 2 aromatic heterocycles. The van der Waals surface area contributed by atoms with Gasteiger partial charge in [-0.05, 0) is 75.5 Å². The highest BCUT2D eigenvalue weighted by molar-refractivity contribution is 6.08. The largest absolute Gasteiger partial charge is 0.492 e. The molecular formula is C28H30FN3O4. The fraction of sp³-hybridized carbons (Fsp3) is 0.429. The first kappa shape index (κ1) is 23.0. The summed E-state index contributed by atoms with van der Waals surface area (Å²) in [7, 11) is 3.66. The number of allylic oxidation sites excluding steroid dienone is 1. The molecule has 1 aromatic carbocycles. The van der Waals surface area contributed by atoms with Crippen LogP contribution < -0.4 is 15.1 Å². The number of pyridine rings is 1. The third-order valence-electron chi connectivity index (χ3n) is 7.92. The highest BCUT2D eigenvalue weighted by Crippen LogP contribution is 2.45. The molecule has 3 fully saturated rings. The molecule has 4 heterocycles. The molecule has 2 unspecified atom stereocenters. The fourth-order valence-electron chi connectivity index (χ4n) is 5.97. The Labute approximate surface area is 208 Å². The number of ether oxygens (including phenoxy) is 1. The Balaban J connectivity index is 1.47. The summed E-state index contributed by atoms with van der Waals surface area (Å²) in [4.78, 5) is 31.0. The van der Waals surface area contributed by atoms with Gasteiger partial charge >= 0.3 is 0 Å². The van der Waals surface area contributed by atoms with Crippen molar-refractivity contribution in [3.05, 3.63) is 64.1 Å². The van der Waals surface area contributed by atoms with Crippen molar-refractivity contribution in [3.8, 4) is 5.75 Å². The second-order valence-electron chi connectivity index (χ2n) is 10.2. The third kappa shape index (κ3) is 3.84. The molecule has 8 heteroatoms. The van der Waals surface area contributed by atoms with Crippen molar-refractivity contribution in [3.63, 3.8) is 0 Å². The van der Waals surface area contributed by atoms with Crippen LogP contribution in [0.4, 0.5) is 10.1 Å². The Morgan fingerprint density at radius 3 is 2.78 bits per heavy atom. The van der Waals surface area contributed by atoms with Crippen LogP contribution in [-0.2, 0) is 0 Å². The first-order valence-corrected chi connectivity index (χ1v) is 12.6. The zero-order chi connectivity index (χ0) is 25.0. The number of furan rings is 1. The first-order valence-electron chi connectivity index (χ1n) is 12.6.